The van der Waals surface area contributed by atoms with Crippen LogP contribution in [0, 0.1) is 0 Å². The van der Waals surface area contributed by atoms with Crippen molar-refractivity contribution in [3.8, 4) is 11.5 Å². The summed E-state index contributed by atoms with van der Waals surface area (Å²) in [4.78, 5) is 15.0. The van der Waals surface area contributed by atoms with Gasteiger partial charge in [-0.3, -0.25) is 4.79 Å². The lowest BCUT2D eigenvalue weighted by Gasteiger charge is -2.02. The molecule has 0 fully saturated rings. The molecule has 1 aromatic heterocycles. The van der Waals surface area contributed by atoms with Gasteiger partial charge in [0, 0.05) is 29.7 Å². The summed E-state index contributed by atoms with van der Waals surface area (Å²) in [5, 5.41) is 22.6. The first-order valence-corrected chi connectivity index (χ1v) is 7.66. The van der Waals surface area contributed by atoms with Crippen LogP contribution in [0.5, 0.6) is 11.5 Å². The fraction of sp³-hybridized carbons (Fsp3) is 0.105. The fourth-order valence-corrected chi connectivity index (χ4v) is 2.51. The lowest BCUT2D eigenvalue weighted by molar-refractivity contribution is -0.116. The number of hydrogen-bond acceptors (Lipinski definition) is 3. The number of aromatic hydroxyl groups is 2. The van der Waals surface area contributed by atoms with Crippen LogP contribution in [-0.2, 0) is 11.2 Å². The second kappa shape index (κ2) is 6.91. The van der Waals surface area contributed by atoms with Gasteiger partial charge in [-0.1, -0.05) is 12.1 Å². The molecule has 0 unspecified atom stereocenters. The third-order valence-corrected chi connectivity index (χ3v) is 3.76. The molecule has 0 bridgehead atoms. The molecule has 3 aromatic rings. The first-order chi connectivity index (χ1) is 11.6. The highest BCUT2D eigenvalue weighted by molar-refractivity contribution is 5.91. The zero-order chi connectivity index (χ0) is 16.9. The van der Waals surface area contributed by atoms with Gasteiger partial charge in [-0.2, -0.15) is 0 Å². The number of amides is 1. The van der Waals surface area contributed by atoms with Gasteiger partial charge < -0.3 is 20.5 Å². The van der Waals surface area contributed by atoms with Gasteiger partial charge in [-0.15, -0.1) is 0 Å². The van der Waals surface area contributed by atoms with Crippen LogP contribution in [0.4, 0.5) is 0 Å². The van der Waals surface area contributed by atoms with Gasteiger partial charge >= 0.3 is 0 Å². The third-order valence-electron chi connectivity index (χ3n) is 3.76. The number of H-pyrrole nitrogens is 1. The number of phenolic OH excluding ortho intramolecular Hbond substituents is 2. The quantitative estimate of drug-likeness (QED) is 0.545. The fourth-order valence-electron chi connectivity index (χ4n) is 2.51. The van der Waals surface area contributed by atoms with Crippen molar-refractivity contribution in [2.75, 3.05) is 6.54 Å². The summed E-state index contributed by atoms with van der Waals surface area (Å²) in [6.45, 7) is 0.501. The SMILES string of the molecule is O=C(C=Cc1ccc(O)cc1)NCCc1c[nH]c2ccc(O)cc12. The molecule has 0 saturated carbocycles. The van der Waals surface area contributed by atoms with Crippen LogP contribution in [-0.4, -0.2) is 27.6 Å². The maximum atomic E-state index is 11.8. The Bertz CT molecular complexity index is 879. The Morgan fingerprint density at radius 1 is 1.08 bits per heavy atom. The second-order valence-electron chi connectivity index (χ2n) is 5.51. The molecule has 5 nitrogen and oxygen atoms in total. The van der Waals surface area contributed by atoms with E-state index >= 15 is 0 Å². The van der Waals surface area contributed by atoms with E-state index < -0.39 is 0 Å². The number of benzene rings is 2. The molecule has 2 aromatic carbocycles. The van der Waals surface area contributed by atoms with Crippen molar-refractivity contribution in [3.63, 3.8) is 0 Å². The summed E-state index contributed by atoms with van der Waals surface area (Å²) < 4.78 is 0. The number of aromatic nitrogens is 1. The average Bonchev–Trinajstić information content (AvgIpc) is 2.97. The predicted octanol–water partition coefficient (Wildman–Crippen LogP) is 2.95. The molecule has 0 spiro atoms. The zero-order valence-corrected chi connectivity index (χ0v) is 13.0. The van der Waals surface area contributed by atoms with Gasteiger partial charge in [0.25, 0.3) is 0 Å². The Hall–Kier alpha value is -3.21. The van der Waals surface area contributed by atoms with E-state index in [0.717, 1.165) is 22.0 Å². The molecule has 1 amide bonds. The minimum absolute atomic E-state index is 0.175. The minimum atomic E-state index is -0.175. The highest BCUT2D eigenvalue weighted by Crippen LogP contribution is 2.23. The number of nitrogens with one attached hydrogen (secondary N) is 2. The summed E-state index contributed by atoms with van der Waals surface area (Å²) in [5.41, 5.74) is 2.85. The van der Waals surface area contributed by atoms with E-state index in [1.807, 2.05) is 12.3 Å². The van der Waals surface area contributed by atoms with Crippen molar-refractivity contribution < 1.29 is 15.0 Å². The highest BCUT2D eigenvalue weighted by Gasteiger charge is 2.05. The van der Waals surface area contributed by atoms with Gasteiger partial charge in [0.1, 0.15) is 11.5 Å². The Kier molecular flexibility index (Phi) is 4.52. The molecule has 5 heteroatoms. The largest absolute Gasteiger partial charge is 0.508 e. The normalized spacial score (nSPS) is 11.2. The first kappa shape index (κ1) is 15.7. The van der Waals surface area contributed by atoms with Crippen LogP contribution < -0.4 is 5.32 Å². The van der Waals surface area contributed by atoms with Crippen LogP contribution >= 0.6 is 0 Å². The number of carbonyl (C=O) groups is 1. The smallest absolute Gasteiger partial charge is 0.244 e. The number of phenols is 2. The number of aromatic amines is 1. The Labute approximate surface area is 139 Å². The lowest BCUT2D eigenvalue weighted by Crippen LogP contribution is -2.23. The molecule has 0 radical (unpaired) electrons. The second-order valence-corrected chi connectivity index (χ2v) is 5.51. The number of hydrogen-bond donors (Lipinski definition) is 4. The van der Waals surface area contributed by atoms with Crippen LogP contribution in [0.3, 0.4) is 0 Å². The maximum Gasteiger partial charge on any atom is 0.244 e. The van der Waals surface area contributed by atoms with E-state index in [1.165, 1.54) is 6.08 Å². The van der Waals surface area contributed by atoms with E-state index in [4.69, 9.17) is 0 Å². The highest BCUT2D eigenvalue weighted by atomic mass is 16.3. The number of rotatable bonds is 5. The van der Waals surface area contributed by atoms with Crippen LogP contribution in [0.2, 0.25) is 0 Å². The molecule has 0 saturated heterocycles. The van der Waals surface area contributed by atoms with Crippen molar-refractivity contribution in [2.24, 2.45) is 0 Å². The lowest BCUT2D eigenvalue weighted by atomic mass is 10.1. The van der Waals surface area contributed by atoms with Gasteiger partial charge in [-0.25, -0.2) is 0 Å². The van der Waals surface area contributed by atoms with Crippen LogP contribution in [0.1, 0.15) is 11.1 Å². The summed E-state index contributed by atoms with van der Waals surface area (Å²) in [7, 11) is 0. The average molecular weight is 322 g/mol. The standard InChI is InChI=1S/C19H18N2O3/c22-15-4-1-13(2-5-15)3-8-19(24)20-10-9-14-12-21-18-7-6-16(23)11-17(14)18/h1-8,11-12,21-23H,9-10H2,(H,20,24). The van der Waals surface area contributed by atoms with Crippen molar-refractivity contribution in [1.82, 2.24) is 10.3 Å². The molecule has 0 atom stereocenters. The van der Waals surface area contributed by atoms with Gasteiger partial charge in [0.2, 0.25) is 5.91 Å². The molecule has 0 aliphatic carbocycles. The Morgan fingerprint density at radius 3 is 2.62 bits per heavy atom. The monoisotopic (exact) mass is 322 g/mol. The molecular weight excluding hydrogens is 304 g/mol. The van der Waals surface area contributed by atoms with Gasteiger partial charge in [0.05, 0.1) is 0 Å². The summed E-state index contributed by atoms with van der Waals surface area (Å²) >= 11 is 0. The van der Waals surface area contributed by atoms with Crippen LogP contribution in [0.15, 0.2) is 54.7 Å². The first-order valence-electron chi connectivity index (χ1n) is 7.66. The summed E-state index contributed by atoms with van der Waals surface area (Å²) in [6.07, 6.45) is 5.72. The number of fused-ring (bicyclic) bond motifs is 1. The van der Waals surface area contributed by atoms with Gasteiger partial charge in [0.15, 0.2) is 0 Å². The third kappa shape index (κ3) is 3.76. The van der Waals surface area contributed by atoms with Crippen molar-refractivity contribution in [3.05, 3.63) is 65.9 Å². The Morgan fingerprint density at radius 2 is 1.83 bits per heavy atom. The molecule has 3 rings (SSSR count). The van der Waals surface area contributed by atoms with Crippen molar-refractivity contribution in [1.29, 1.82) is 0 Å². The molecule has 0 aliphatic rings. The summed E-state index contributed by atoms with van der Waals surface area (Å²) in [6, 6.07) is 11.8. The van der Waals surface area contributed by atoms with E-state index in [2.05, 4.69) is 10.3 Å². The maximum absolute atomic E-state index is 11.8. The summed E-state index contributed by atoms with van der Waals surface area (Å²) in [5.74, 6) is 0.247. The number of carbonyl (C=O) groups excluding carboxylic acids is 1. The minimum Gasteiger partial charge on any atom is -0.508 e. The molecule has 122 valence electrons. The predicted molar refractivity (Wildman–Crippen MR) is 93.8 cm³/mol. The van der Waals surface area contributed by atoms with E-state index in [9.17, 15) is 15.0 Å². The van der Waals surface area contributed by atoms with Gasteiger partial charge in [-0.05, 0) is 54.0 Å². The molecule has 0 aliphatic heterocycles. The molecule has 1 heterocycles. The molecular formula is C19H18N2O3. The van der Waals surface area contributed by atoms with Crippen molar-refractivity contribution in [2.45, 2.75) is 6.42 Å². The Balaban J connectivity index is 1.54. The molecule has 4 N–H and O–H groups in total. The van der Waals surface area contributed by atoms with E-state index in [0.29, 0.717) is 13.0 Å². The topological polar surface area (TPSA) is 85.4 Å². The van der Waals surface area contributed by atoms with Crippen LogP contribution in [0.25, 0.3) is 17.0 Å². The van der Waals surface area contributed by atoms with Crippen molar-refractivity contribution >= 4 is 22.9 Å². The van der Waals surface area contributed by atoms with E-state index in [-0.39, 0.29) is 17.4 Å². The van der Waals surface area contributed by atoms with E-state index in [1.54, 1.807) is 42.5 Å². The zero-order valence-electron chi connectivity index (χ0n) is 13.0. The molecule has 24 heavy (non-hydrogen) atoms.